The van der Waals surface area contributed by atoms with Crippen LogP contribution >= 0.6 is 0 Å². The number of nitrogens with two attached hydrogens (primary N) is 1. The molecule has 1 aromatic heterocycles. The summed E-state index contributed by atoms with van der Waals surface area (Å²) in [4.78, 5) is 0. The van der Waals surface area contributed by atoms with Gasteiger partial charge in [-0.3, -0.25) is 4.68 Å². The second-order valence-corrected chi connectivity index (χ2v) is 4.07. The summed E-state index contributed by atoms with van der Waals surface area (Å²) in [6.07, 6.45) is 0. The van der Waals surface area contributed by atoms with Gasteiger partial charge in [-0.15, -0.1) is 0 Å². The van der Waals surface area contributed by atoms with Crippen molar-refractivity contribution in [2.45, 2.75) is 0 Å². The summed E-state index contributed by atoms with van der Waals surface area (Å²) in [6.45, 7) is 0. The van der Waals surface area contributed by atoms with Crippen LogP contribution in [-0.2, 0) is 7.05 Å². The number of nitrogen functional groups attached to an aromatic ring is 1. The highest BCUT2D eigenvalue weighted by atomic mass is 16.5. The molecule has 0 radical (unpaired) electrons. The Balaban J connectivity index is 2.12. The molecule has 1 heterocycles. The van der Waals surface area contributed by atoms with Crippen molar-refractivity contribution in [2.75, 3.05) is 5.73 Å². The molecule has 18 heavy (non-hydrogen) atoms. The minimum atomic E-state index is 0.485. The average Bonchev–Trinajstić information content (AvgIpc) is 2.67. The molecular formula is C14H13N3O. The van der Waals surface area contributed by atoms with E-state index in [1.165, 1.54) is 0 Å². The molecule has 90 valence electrons. The number of anilines is 1. The van der Waals surface area contributed by atoms with Gasteiger partial charge < -0.3 is 10.5 Å². The van der Waals surface area contributed by atoms with E-state index in [-0.39, 0.29) is 0 Å². The molecular weight excluding hydrogens is 226 g/mol. The number of ether oxygens (including phenoxy) is 1. The molecule has 0 bridgehead atoms. The van der Waals surface area contributed by atoms with Crippen molar-refractivity contribution < 1.29 is 4.74 Å². The fourth-order valence-electron chi connectivity index (χ4n) is 2.01. The summed E-state index contributed by atoms with van der Waals surface area (Å²) in [6, 6.07) is 15.4. The number of fused-ring (bicyclic) bond motifs is 1. The maximum atomic E-state index is 5.92. The number of aryl methyl sites for hydroxylation is 1. The molecule has 0 aliphatic heterocycles. The highest BCUT2D eigenvalue weighted by molar-refractivity contribution is 5.94. The van der Waals surface area contributed by atoms with E-state index in [2.05, 4.69) is 5.10 Å². The molecule has 3 aromatic rings. The molecule has 0 atom stereocenters. The SMILES string of the molecule is Cn1nc(N)c2c(Oc3ccccc3)cccc21. The van der Waals surface area contributed by atoms with Crippen molar-refractivity contribution in [1.82, 2.24) is 9.78 Å². The van der Waals surface area contributed by atoms with Crippen molar-refractivity contribution in [1.29, 1.82) is 0 Å². The van der Waals surface area contributed by atoms with Crippen molar-refractivity contribution in [3.05, 3.63) is 48.5 Å². The van der Waals surface area contributed by atoms with Gasteiger partial charge in [0.2, 0.25) is 0 Å². The van der Waals surface area contributed by atoms with E-state index in [9.17, 15) is 0 Å². The molecule has 4 heteroatoms. The van der Waals surface area contributed by atoms with Crippen molar-refractivity contribution in [3.63, 3.8) is 0 Å². The zero-order chi connectivity index (χ0) is 12.5. The van der Waals surface area contributed by atoms with E-state index in [1.54, 1.807) is 4.68 Å². The van der Waals surface area contributed by atoms with Gasteiger partial charge in [-0.2, -0.15) is 5.10 Å². The Morgan fingerprint density at radius 1 is 1.06 bits per heavy atom. The number of benzene rings is 2. The fraction of sp³-hybridized carbons (Fsp3) is 0.0714. The predicted molar refractivity (Wildman–Crippen MR) is 71.6 cm³/mol. The smallest absolute Gasteiger partial charge is 0.157 e. The van der Waals surface area contributed by atoms with Gasteiger partial charge in [-0.25, -0.2) is 0 Å². The minimum Gasteiger partial charge on any atom is -0.457 e. The number of rotatable bonds is 2. The van der Waals surface area contributed by atoms with Gasteiger partial charge >= 0.3 is 0 Å². The van der Waals surface area contributed by atoms with Crippen LogP contribution in [0.25, 0.3) is 10.9 Å². The van der Waals surface area contributed by atoms with Crippen LogP contribution in [0.2, 0.25) is 0 Å². The first kappa shape index (κ1) is 10.7. The van der Waals surface area contributed by atoms with Crippen LogP contribution in [-0.4, -0.2) is 9.78 Å². The predicted octanol–water partition coefficient (Wildman–Crippen LogP) is 2.95. The quantitative estimate of drug-likeness (QED) is 0.748. The topological polar surface area (TPSA) is 53.1 Å². The van der Waals surface area contributed by atoms with Gasteiger partial charge in [0.25, 0.3) is 0 Å². The third-order valence-corrected chi connectivity index (χ3v) is 2.84. The summed E-state index contributed by atoms with van der Waals surface area (Å²) in [5, 5.41) is 5.06. The molecule has 0 saturated carbocycles. The first-order chi connectivity index (χ1) is 8.75. The normalized spacial score (nSPS) is 10.7. The first-order valence-electron chi connectivity index (χ1n) is 5.70. The molecule has 0 saturated heterocycles. The Labute approximate surface area is 105 Å². The lowest BCUT2D eigenvalue weighted by Gasteiger charge is -2.06. The lowest BCUT2D eigenvalue weighted by atomic mass is 10.2. The second kappa shape index (κ2) is 4.07. The van der Waals surface area contributed by atoms with E-state index < -0.39 is 0 Å². The summed E-state index contributed by atoms with van der Waals surface area (Å²) < 4.78 is 7.60. The van der Waals surface area contributed by atoms with Crippen LogP contribution < -0.4 is 10.5 Å². The standard InChI is InChI=1S/C14H13N3O/c1-17-11-8-5-9-12(13(11)14(15)16-17)18-10-6-3-2-4-7-10/h2-9H,1H3,(H2,15,16). The maximum Gasteiger partial charge on any atom is 0.157 e. The largest absolute Gasteiger partial charge is 0.457 e. The molecule has 2 N–H and O–H groups in total. The van der Waals surface area contributed by atoms with Gasteiger partial charge in [0.1, 0.15) is 11.5 Å². The van der Waals surface area contributed by atoms with E-state index in [0.717, 1.165) is 22.4 Å². The van der Waals surface area contributed by atoms with Gasteiger partial charge in [-0.05, 0) is 24.3 Å². The van der Waals surface area contributed by atoms with Crippen molar-refractivity contribution in [3.8, 4) is 11.5 Å². The van der Waals surface area contributed by atoms with Gasteiger partial charge in [0, 0.05) is 7.05 Å². The lowest BCUT2D eigenvalue weighted by molar-refractivity contribution is 0.488. The highest BCUT2D eigenvalue weighted by Gasteiger charge is 2.11. The number of aromatic nitrogens is 2. The Hall–Kier alpha value is -2.49. The fourth-order valence-corrected chi connectivity index (χ4v) is 2.01. The Bertz CT molecular complexity index is 689. The molecule has 2 aromatic carbocycles. The average molecular weight is 239 g/mol. The van der Waals surface area contributed by atoms with Crippen LogP contribution in [0.15, 0.2) is 48.5 Å². The molecule has 0 unspecified atom stereocenters. The second-order valence-electron chi connectivity index (χ2n) is 4.07. The van der Waals surface area contributed by atoms with Crippen molar-refractivity contribution in [2.24, 2.45) is 7.05 Å². The molecule has 0 spiro atoms. The monoisotopic (exact) mass is 239 g/mol. The molecule has 4 nitrogen and oxygen atoms in total. The van der Waals surface area contributed by atoms with Crippen LogP contribution in [0.4, 0.5) is 5.82 Å². The summed E-state index contributed by atoms with van der Waals surface area (Å²) in [5.74, 6) is 2.00. The van der Waals surface area contributed by atoms with Crippen LogP contribution in [0.3, 0.4) is 0 Å². The van der Waals surface area contributed by atoms with Crippen molar-refractivity contribution >= 4 is 16.7 Å². The zero-order valence-corrected chi connectivity index (χ0v) is 10.00. The van der Waals surface area contributed by atoms with Gasteiger partial charge in [-0.1, -0.05) is 24.3 Å². The summed E-state index contributed by atoms with van der Waals surface area (Å²) >= 11 is 0. The molecule has 0 amide bonds. The van der Waals surface area contributed by atoms with Gasteiger partial charge in [0.15, 0.2) is 5.82 Å². The molecule has 3 rings (SSSR count). The van der Waals surface area contributed by atoms with E-state index >= 15 is 0 Å². The zero-order valence-electron chi connectivity index (χ0n) is 10.00. The Kier molecular flexibility index (Phi) is 2.41. The molecule has 0 aliphatic carbocycles. The Morgan fingerprint density at radius 2 is 1.83 bits per heavy atom. The Morgan fingerprint density at radius 3 is 2.61 bits per heavy atom. The maximum absolute atomic E-state index is 5.92. The van der Waals surface area contributed by atoms with E-state index in [1.807, 2.05) is 55.6 Å². The number of hydrogen-bond acceptors (Lipinski definition) is 3. The third-order valence-electron chi connectivity index (χ3n) is 2.84. The first-order valence-corrected chi connectivity index (χ1v) is 5.70. The van der Waals surface area contributed by atoms with Gasteiger partial charge in [0.05, 0.1) is 10.9 Å². The van der Waals surface area contributed by atoms with Crippen LogP contribution in [0, 0.1) is 0 Å². The summed E-state index contributed by atoms with van der Waals surface area (Å²) in [5.41, 5.74) is 6.88. The number of para-hydroxylation sites is 1. The minimum absolute atomic E-state index is 0.485. The third kappa shape index (κ3) is 1.68. The molecule has 0 fully saturated rings. The van der Waals surface area contributed by atoms with Crippen LogP contribution in [0.5, 0.6) is 11.5 Å². The summed E-state index contributed by atoms with van der Waals surface area (Å²) in [7, 11) is 1.87. The van der Waals surface area contributed by atoms with E-state index in [4.69, 9.17) is 10.5 Å². The molecule has 0 aliphatic rings. The highest BCUT2D eigenvalue weighted by Crippen LogP contribution is 2.33. The lowest BCUT2D eigenvalue weighted by Crippen LogP contribution is -1.90. The van der Waals surface area contributed by atoms with Crippen LogP contribution in [0.1, 0.15) is 0 Å². The number of nitrogens with zero attached hydrogens (tertiary/aromatic N) is 2. The van der Waals surface area contributed by atoms with E-state index in [0.29, 0.717) is 5.82 Å². The number of hydrogen-bond donors (Lipinski definition) is 1.